The second kappa shape index (κ2) is 12.4. The van der Waals surface area contributed by atoms with Crippen molar-refractivity contribution < 1.29 is 79.5 Å². The number of hydrogen-bond acceptors (Lipinski definition) is 16. The van der Waals surface area contributed by atoms with Gasteiger partial charge in [-0.1, -0.05) is 6.07 Å². The first kappa shape index (κ1) is 31.1. The van der Waals surface area contributed by atoms with Gasteiger partial charge in [-0.3, -0.25) is 4.79 Å². The van der Waals surface area contributed by atoms with E-state index in [1.807, 2.05) is 0 Å². The van der Waals surface area contributed by atoms with Crippen LogP contribution in [-0.2, 0) is 9.47 Å². The maximum absolute atomic E-state index is 13.3. The van der Waals surface area contributed by atoms with Crippen molar-refractivity contribution in [1.29, 1.82) is 0 Å². The Morgan fingerprint density at radius 3 is 1.84 bits per heavy atom. The zero-order chi connectivity index (χ0) is 31.2. The number of carbonyl (C=O) groups excluding carboxylic acids is 1. The Morgan fingerprint density at radius 2 is 1.28 bits per heavy atom. The second-order valence-corrected chi connectivity index (χ2v) is 10.4. The molecule has 0 radical (unpaired) electrons. The summed E-state index contributed by atoms with van der Waals surface area (Å²) in [5.41, 5.74) is 0.179. The summed E-state index contributed by atoms with van der Waals surface area (Å²) in [4.78, 5) is 13.3. The minimum absolute atomic E-state index is 0.120. The molecule has 2 saturated heterocycles. The van der Waals surface area contributed by atoms with Crippen LogP contribution in [-0.4, -0.2) is 131 Å². The molecule has 0 aliphatic carbocycles. The van der Waals surface area contributed by atoms with Crippen molar-refractivity contribution in [1.82, 2.24) is 0 Å². The van der Waals surface area contributed by atoms with Crippen LogP contribution in [0.25, 0.3) is 0 Å². The number of benzene rings is 2. The molecule has 0 amide bonds. The summed E-state index contributed by atoms with van der Waals surface area (Å²) in [6.07, 6.45) is -17.3. The minimum Gasteiger partial charge on any atom is -0.508 e. The van der Waals surface area contributed by atoms with Crippen molar-refractivity contribution in [3.8, 4) is 28.7 Å². The van der Waals surface area contributed by atoms with Crippen LogP contribution < -0.4 is 14.2 Å². The van der Waals surface area contributed by atoms with Crippen LogP contribution in [0.15, 0.2) is 30.3 Å². The number of hydrogen-bond donors (Lipinski definition) is 10. The fraction of sp³-hybridized carbons (Fsp3) is 0.519. The van der Waals surface area contributed by atoms with Gasteiger partial charge in [0, 0.05) is 12.1 Å². The smallest absolute Gasteiger partial charge is 0.229 e. The zero-order valence-corrected chi connectivity index (χ0v) is 22.3. The van der Waals surface area contributed by atoms with Crippen molar-refractivity contribution in [3.05, 3.63) is 41.5 Å². The highest BCUT2D eigenvalue weighted by molar-refractivity contribution is 6.02. The topological polar surface area (TPSA) is 266 Å². The van der Waals surface area contributed by atoms with Gasteiger partial charge >= 0.3 is 0 Å². The molecule has 3 aliphatic rings. The number of Topliss-reactive ketones (excluding diaryl/α,β-unsaturated/α-hetero) is 1. The van der Waals surface area contributed by atoms with Crippen molar-refractivity contribution in [3.63, 3.8) is 0 Å². The number of fused-ring (bicyclic) bond motifs is 1. The van der Waals surface area contributed by atoms with E-state index < -0.39 is 98.0 Å². The fourth-order valence-electron chi connectivity index (χ4n) is 5.09. The molecule has 11 atom stereocenters. The van der Waals surface area contributed by atoms with E-state index in [4.69, 9.17) is 23.7 Å². The molecule has 43 heavy (non-hydrogen) atoms. The first-order valence-electron chi connectivity index (χ1n) is 13.3. The van der Waals surface area contributed by atoms with E-state index in [-0.39, 0.29) is 29.2 Å². The molecule has 16 nitrogen and oxygen atoms in total. The summed E-state index contributed by atoms with van der Waals surface area (Å²) in [5.74, 6) is -1.97. The zero-order valence-electron chi connectivity index (χ0n) is 22.3. The molecule has 3 heterocycles. The van der Waals surface area contributed by atoms with E-state index in [1.54, 1.807) is 0 Å². The third kappa shape index (κ3) is 5.94. The molecule has 0 saturated carbocycles. The van der Waals surface area contributed by atoms with Crippen molar-refractivity contribution in [2.75, 3.05) is 13.2 Å². The minimum atomic E-state index is -1.78. The summed E-state index contributed by atoms with van der Waals surface area (Å²) < 4.78 is 27.8. The van der Waals surface area contributed by atoms with Gasteiger partial charge in [0.15, 0.2) is 17.3 Å². The van der Waals surface area contributed by atoms with Gasteiger partial charge in [0.25, 0.3) is 0 Å². The average Bonchev–Trinajstić information content (AvgIpc) is 2.98. The molecule has 5 rings (SSSR count). The van der Waals surface area contributed by atoms with E-state index in [2.05, 4.69) is 0 Å². The van der Waals surface area contributed by atoms with Crippen LogP contribution in [0.4, 0.5) is 0 Å². The second-order valence-electron chi connectivity index (χ2n) is 10.4. The van der Waals surface area contributed by atoms with Crippen LogP contribution in [0.5, 0.6) is 28.7 Å². The lowest BCUT2D eigenvalue weighted by Gasteiger charge is -2.40. The lowest BCUT2D eigenvalue weighted by molar-refractivity contribution is -0.277. The quantitative estimate of drug-likeness (QED) is 0.151. The molecule has 236 valence electrons. The van der Waals surface area contributed by atoms with Gasteiger partial charge in [-0.2, -0.15) is 0 Å². The molecule has 10 N–H and O–H groups in total. The van der Waals surface area contributed by atoms with Gasteiger partial charge in [-0.05, 0) is 17.7 Å². The molecule has 16 heteroatoms. The lowest BCUT2D eigenvalue weighted by Crippen LogP contribution is -2.60. The normalized spacial score (nSPS) is 36.0. The van der Waals surface area contributed by atoms with Crippen molar-refractivity contribution in [2.45, 2.75) is 73.9 Å². The molecule has 3 aliphatic heterocycles. The van der Waals surface area contributed by atoms with E-state index in [0.717, 1.165) is 12.1 Å². The van der Waals surface area contributed by atoms with E-state index in [9.17, 15) is 55.9 Å². The first-order valence-corrected chi connectivity index (χ1v) is 13.3. The molecule has 2 aromatic rings. The third-order valence-electron chi connectivity index (χ3n) is 7.51. The monoisotopic (exact) mass is 612 g/mol. The van der Waals surface area contributed by atoms with E-state index in [1.165, 1.54) is 18.2 Å². The van der Waals surface area contributed by atoms with Gasteiger partial charge in [-0.25, -0.2) is 0 Å². The van der Waals surface area contributed by atoms with Crippen molar-refractivity contribution in [2.24, 2.45) is 0 Å². The molecule has 0 unspecified atom stereocenters. The number of aliphatic hydroxyl groups excluding tert-OH is 8. The van der Waals surface area contributed by atoms with E-state index >= 15 is 0 Å². The summed E-state index contributed by atoms with van der Waals surface area (Å²) in [7, 11) is 0. The maximum Gasteiger partial charge on any atom is 0.229 e. The number of carbonyl (C=O) groups is 1. The number of ketones is 1. The Kier molecular flexibility index (Phi) is 8.96. The highest BCUT2D eigenvalue weighted by Crippen LogP contribution is 2.44. The molecule has 0 bridgehead atoms. The first-order chi connectivity index (χ1) is 20.4. The van der Waals surface area contributed by atoms with Crippen molar-refractivity contribution >= 4 is 5.78 Å². The Balaban J connectivity index is 1.37. The van der Waals surface area contributed by atoms with Gasteiger partial charge in [0.1, 0.15) is 77.7 Å². The summed E-state index contributed by atoms with van der Waals surface area (Å²) in [5, 5.41) is 100. The largest absolute Gasteiger partial charge is 0.508 e. The molecule has 0 aromatic heterocycles. The maximum atomic E-state index is 13.3. The Morgan fingerprint density at radius 1 is 0.721 bits per heavy atom. The number of aromatic hydroxyl groups is 2. The van der Waals surface area contributed by atoms with Crippen LogP contribution in [0.3, 0.4) is 0 Å². The summed E-state index contributed by atoms with van der Waals surface area (Å²) >= 11 is 0. The Hall–Kier alpha value is -3.29. The molecular formula is C27H32O16. The predicted molar refractivity (Wildman–Crippen MR) is 137 cm³/mol. The summed E-state index contributed by atoms with van der Waals surface area (Å²) in [6, 6.07) is 6.13. The van der Waals surface area contributed by atoms with Crippen LogP contribution in [0.1, 0.15) is 28.4 Å². The van der Waals surface area contributed by atoms with Gasteiger partial charge < -0.3 is 74.7 Å². The van der Waals surface area contributed by atoms with Gasteiger partial charge in [0.2, 0.25) is 12.6 Å². The Labute approximate surface area is 243 Å². The van der Waals surface area contributed by atoms with Crippen LogP contribution in [0.2, 0.25) is 0 Å². The number of phenols is 2. The number of ether oxygens (including phenoxy) is 5. The van der Waals surface area contributed by atoms with E-state index in [0.29, 0.717) is 5.56 Å². The van der Waals surface area contributed by atoms with Crippen LogP contribution >= 0.6 is 0 Å². The molecule has 0 spiro atoms. The number of rotatable bonds is 7. The SMILES string of the molecule is O=C1C[C@@H](c2ccc(O)c(O[C@@H]3O[C@@H](CO)[C@@H](O)[C@H](O)[C@H]3O)c2)Oc2cc(O)cc(O[C@@H]3O[C@@H](CO)[C@@H](O)[C@H](O)[C@H]3O)c21. The highest BCUT2D eigenvalue weighted by Gasteiger charge is 2.46. The van der Waals surface area contributed by atoms with Gasteiger partial charge in [-0.15, -0.1) is 0 Å². The van der Waals surface area contributed by atoms with Crippen LogP contribution in [0, 0.1) is 0 Å². The predicted octanol–water partition coefficient (Wildman–Crippen LogP) is -2.84. The van der Waals surface area contributed by atoms with Gasteiger partial charge in [0.05, 0.1) is 19.6 Å². The lowest BCUT2D eigenvalue weighted by atomic mass is 9.95. The standard InChI is InChI=1S/C27H32O16/c28-7-17-20(33)22(35)24(37)26(42-17)40-14-3-9(1-2-11(14)31)13-6-12(32)19-15(39-13)4-10(30)5-16(19)41-27-25(38)23(36)21(34)18(8-29)43-27/h1-5,13,17-18,20-31,33-38H,6-8H2/t13-,17-,18-,20+,21+,22-,23-,24+,25+,26+,27+/m0/s1. The third-order valence-corrected chi connectivity index (χ3v) is 7.51. The Bertz CT molecular complexity index is 1320. The number of aliphatic hydroxyl groups is 8. The highest BCUT2D eigenvalue weighted by atomic mass is 16.7. The molecule has 2 fully saturated rings. The fourth-order valence-corrected chi connectivity index (χ4v) is 5.09. The number of phenolic OH excluding ortho intramolecular Hbond substituents is 2. The average molecular weight is 613 g/mol. The molecule has 2 aromatic carbocycles. The molecular weight excluding hydrogens is 580 g/mol. The summed E-state index contributed by atoms with van der Waals surface area (Å²) in [6.45, 7) is -1.40.